The number of carbonyl (C=O) groups excluding carboxylic acids is 1. The molecule has 2 aromatic heterocycles. The summed E-state index contributed by atoms with van der Waals surface area (Å²) in [6.45, 7) is 9.28. The number of carbonyl (C=O) groups is 1. The van der Waals surface area contributed by atoms with Gasteiger partial charge in [-0.25, -0.2) is 0 Å². The Balaban J connectivity index is 1.53. The summed E-state index contributed by atoms with van der Waals surface area (Å²) in [5.74, 6) is 1.48. The molecular formula is C23H34N6OS. The molecule has 0 aromatic carbocycles. The van der Waals surface area contributed by atoms with Crippen molar-refractivity contribution in [2.45, 2.75) is 32.7 Å². The molecule has 168 valence electrons. The van der Waals surface area contributed by atoms with E-state index in [4.69, 9.17) is 4.99 Å². The molecule has 31 heavy (non-hydrogen) atoms. The third-order valence-electron chi connectivity index (χ3n) is 5.52. The molecule has 8 heteroatoms. The van der Waals surface area contributed by atoms with Crippen LogP contribution in [0.2, 0.25) is 0 Å². The first kappa shape index (κ1) is 23.2. The Kier molecular flexibility index (Phi) is 9.30. The van der Waals surface area contributed by atoms with Gasteiger partial charge in [0.1, 0.15) is 0 Å². The van der Waals surface area contributed by atoms with Gasteiger partial charge in [0.2, 0.25) is 0 Å². The van der Waals surface area contributed by atoms with Crippen molar-refractivity contribution in [1.82, 2.24) is 25.8 Å². The van der Waals surface area contributed by atoms with Gasteiger partial charge in [0.25, 0.3) is 5.91 Å². The molecule has 2 aromatic rings. The van der Waals surface area contributed by atoms with Crippen LogP contribution in [0.1, 0.15) is 48.0 Å². The second-order valence-corrected chi connectivity index (χ2v) is 8.87. The zero-order valence-corrected chi connectivity index (χ0v) is 19.3. The van der Waals surface area contributed by atoms with E-state index in [9.17, 15) is 4.79 Å². The van der Waals surface area contributed by atoms with Crippen molar-refractivity contribution < 1.29 is 4.79 Å². The molecule has 1 unspecified atom stereocenters. The lowest BCUT2D eigenvalue weighted by Gasteiger charge is -2.35. The average molecular weight is 443 g/mol. The zero-order valence-electron chi connectivity index (χ0n) is 18.5. The molecule has 1 saturated heterocycles. The number of rotatable bonds is 9. The van der Waals surface area contributed by atoms with Crippen molar-refractivity contribution >= 4 is 23.2 Å². The summed E-state index contributed by atoms with van der Waals surface area (Å²) in [5, 5.41) is 11.7. The normalized spacial score (nSPS) is 16.6. The van der Waals surface area contributed by atoms with Gasteiger partial charge in [0, 0.05) is 36.9 Å². The van der Waals surface area contributed by atoms with Crippen molar-refractivity contribution in [2.75, 3.05) is 39.3 Å². The summed E-state index contributed by atoms with van der Waals surface area (Å²) in [4.78, 5) is 24.9. The standard InChI is InChI=1S/C23H34N6OS/c1-3-25-23(27-12-11-26-22(30)19-6-4-10-24-16-19)28-17-20(21-7-5-15-31-21)29-13-8-18(2)9-14-29/h4-7,10,15-16,18,20H,3,8-9,11-14,17H2,1-2H3,(H,26,30)(H2,25,27,28). The van der Waals surface area contributed by atoms with Crippen LogP contribution in [0.25, 0.3) is 0 Å². The Morgan fingerprint density at radius 1 is 1.23 bits per heavy atom. The van der Waals surface area contributed by atoms with E-state index in [0.717, 1.165) is 31.5 Å². The number of hydrogen-bond donors (Lipinski definition) is 3. The Labute approximate surface area is 189 Å². The van der Waals surface area contributed by atoms with Crippen molar-refractivity contribution in [3.8, 4) is 0 Å². The molecule has 3 N–H and O–H groups in total. The van der Waals surface area contributed by atoms with Crippen LogP contribution in [-0.2, 0) is 0 Å². The number of thiophene rings is 1. The fraction of sp³-hybridized carbons (Fsp3) is 0.522. The van der Waals surface area contributed by atoms with Gasteiger partial charge in [0.15, 0.2) is 5.96 Å². The predicted octanol–water partition coefficient (Wildman–Crippen LogP) is 2.90. The third kappa shape index (κ3) is 7.33. The van der Waals surface area contributed by atoms with E-state index in [0.29, 0.717) is 31.2 Å². The SMILES string of the molecule is CCNC(=NCC(c1cccs1)N1CCC(C)CC1)NCCNC(=O)c1cccnc1. The van der Waals surface area contributed by atoms with E-state index in [1.165, 1.54) is 17.7 Å². The number of aliphatic imine (C=N–C) groups is 1. The summed E-state index contributed by atoms with van der Waals surface area (Å²) in [7, 11) is 0. The lowest BCUT2D eigenvalue weighted by Crippen LogP contribution is -2.42. The largest absolute Gasteiger partial charge is 0.357 e. The second kappa shape index (κ2) is 12.4. The van der Waals surface area contributed by atoms with Crippen molar-refractivity contribution in [3.05, 3.63) is 52.5 Å². The Hall–Kier alpha value is -2.45. The topological polar surface area (TPSA) is 81.7 Å². The number of hydrogen-bond acceptors (Lipinski definition) is 5. The summed E-state index contributed by atoms with van der Waals surface area (Å²) >= 11 is 1.81. The van der Waals surface area contributed by atoms with Crippen LogP contribution in [0.15, 0.2) is 47.0 Å². The number of likely N-dealkylation sites (tertiary alicyclic amines) is 1. The highest BCUT2D eigenvalue weighted by Crippen LogP contribution is 2.29. The minimum Gasteiger partial charge on any atom is -0.357 e. The van der Waals surface area contributed by atoms with Crippen LogP contribution in [0, 0.1) is 5.92 Å². The molecule has 7 nitrogen and oxygen atoms in total. The summed E-state index contributed by atoms with van der Waals surface area (Å²) in [6.07, 6.45) is 5.73. The van der Waals surface area contributed by atoms with Gasteiger partial charge in [-0.3, -0.25) is 19.7 Å². The van der Waals surface area contributed by atoms with Crippen LogP contribution in [0.3, 0.4) is 0 Å². The number of aromatic nitrogens is 1. The van der Waals surface area contributed by atoms with E-state index in [1.807, 2.05) is 11.3 Å². The van der Waals surface area contributed by atoms with E-state index in [-0.39, 0.29) is 5.91 Å². The molecule has 1 aliphatic heterocycles. The fourth-order valence-electron chi connectivity index (χ4n) is 3.68. The zero-order chi connectivity index (χ0) is 21.9. The van der Waals surface area contributed by atoms with Crippen LogP contribution in [0.4, 0.5) is 0 Å². The Morgan fingerprint density at radius 3 is 2.71 bits per heavy atom. The number of nitrogens with zero attached hydrogens (tertiary/aromatic N) is 3. The summed E-state index contributed by atoms with van der Waals surface area (Å²) < 4.78 is 0. The van der Waals surface area contributed by atoms with Gasteiger partial charge in [0.05, 0.1) is 18.2 Å². The van der Waals surface area contributed by atoms with E-state index >= 15 is 0 Å². The van der Waals surface area contributed by atoms with Gasteiger partial charge in [-0.15, -0.1) is 11.3 Å². The highest BCUT2D eigenvalue weighted by molar-refractivity contribution is 7.10. The van der Waals surface area contributed by atoms with Gasteiger partial charge in [-0.2, -0.15) is 0 Å². The van der Waals surface area contributed by atoms with Gasteiger partial charge >= 0.3 is 0 Å². The molecule has 0 radical (unpaired) electrons. The van der Waals surface area contributed by atoms with Crippen LogP contribution < -0.4 is 16.0 Å². The number of guanidine groups is 1. The number of pyridine rings is 1. The van der Waals surface area contributed by atoms with E-state index < -0.39 is 0 Å². The summed E-state index contributed by atoms with van der Waals surface area (Å²) in [6, 6.07) is 8.17. The van der Waals surface area contributed by atoms with Crippen molar-refractivity contribution in [2.24, 2.45) is 10.9 Å². The lowest BCUT2D eigenvalue weighted by atomic mass is 9.97. The molecule has 3 rings (SSSR count). The molecular weight excluding hydrogens is 408 g/mol. The monoisotopic (exact) mass is 442 g/mol. The first-order valence-corrected chi connectivity index (χ1v) is 12.0. The predicted molar refractivity (Wildman–Crippen MR) is 128 cm³/mol. The number of nitrogens with one attached hydrogen (secondary N) is 3. The first-order valence-electron chi connectivity index (χ1n) is 11.1. The van der Waals surface area contributed by atoms with Gasteiger partial charge < -0.3 is 16.0 Å². The maximum atomic E-state index is 12.1. The lowest BCUT2D eigenvalue weighted by molar-refractivity contribution is 0.0954. The number of amides is 1. The quantitative estimate of drug-likeness (QED) is 0.316. The van der Waals surface area contributed by atoms with E-state index in [2.05, 4.69) is 57.2 Å². The highest BCUT2D eigenvalue weighted by atomic mass is 32.1. The van der Waals surface area contributed by atoms with Gasteiger partial charge in [-0.1, -0.05) is 13.0 Å². The van der Waals surface area contributed by atoms with Gasteiger partial charge in [-0.05, 0) is 62.4 Å². The third-order valence-corrected chi connectivity index (χ3v) is 6.50. The first-order chi connectivity index (χ1) is 15.2. The molecule has 3 heterocycles. The molecule has 0 spiro atoms. The van der Waals surface area contributed by atoms with Crippen LogP contribution >= 0.6 is 11.3 Å². The maximum Gasteiger partial charge on any atom is 0.252 e. The maximum absolute atomic E-state index is 12.1. The highest BCUT2D eigenvalue weighted by Gasteiger charge is 2.25. The van der Waals surface area contributed by atoms with Crippen molar-refractivity contribution in [3.63, 3.8) is 0 Å². The molecule has 0 aliphatic carbocycles. The molecule has 1 aliphatic rings. The Bertz CT molecular complexity index is 803. The minimum absolute atomic E-state index is 0.117. The Morgan fingerprint density at radius 2 is 2.03 bits per heavy atom. The van der Waals surface area contributed by atoms with Crippen LogP contribution in [0.5, 0.6) is 0 Å². The smallest absolute Gasteiger partial charge is 0.252 e. The number of piperidine rings is 1. The molecule has 1 fully saturated rings. The summed E-state index contributed by atoms with van der Waals surface area (Å²) in [5.41, 5.74) is 0.567. The molecule has 0 saturated carbocycles. The second-order valence-electron chi connectivity index (χ2n) is 7.89. The molecule has 0 bridgehead atoms. The molecule has 1 atom stereocenters. The average Bonchev–Trinajstić information content (AvgIpc) is 3.33. The minimum atomic E-state index is -0.117. The molecule has 1 amide bonds. The van der Waals surface area contributed by atoms with Crippen molar-refractivity contribution in [1.29, 1.82) is 0 Å². The van der Waals surface area contributed by atoms with Crippen LogP contribution in [-0.4, -0.2) is 61.0 Å². The fourth-order valence-corrected chi connectivity index (χ4v) is 4.53. The van der Waals surface area contributed by atoms with E-state index in [1.54, 1.807) is 24.5 Å².